The van der Waals surface area contributed by atoms with Crippen molar-refractivity contribution >= 4 is 22.7 Å². The Morgan fingerprint density at radius 2 is 1.62 bits per heavy atom. The smallest absolute Gasteiger partial charge is 0.270 e. The lowest BCUT2D eigenvalue weighted by Crippen LogP contribution is -2.47. The highest BCUT2D eigenvalue weighted by Gasteiger charge is 2.33. The Kier molecular flexibility index (Phi) is 8.41. The molecule has 1 N–H and O–H groups in total. The van der Waals surface area contributed by atoms with Gasteiger partial charge in [-0.1, -0.05) is 36.4 Å². The van der Waals surface area contributed by atoms with Crippen LogP contribution >= 0.6 is 0 Å². The van der Waals surface area contributed by atoms with Crippen LogP contribution in [0.15, 0.2) is 42.5 Å². The highest BCUT2D eigenvalue weighted by molar-refractivity contribution is 6.01. The zero-order valence-electron chi connectivity index (χ0n) is 24.1. The topological polar surface area (TPSA) is 59.7 Å². The molecule has 0 aliphatic carbocycles. The molecule has 5 rings (SSSR count). The number of amides is 2. The molecule has 6 nitrogen and oxygen atoms in total. The molecule has 6 heteroatoms. The lowest BCUT2D eigenvalue weighted by atomic mass is 9.84. The number of para-hydroxylation sites is 1. The predicted molar refractivity (Wildman–Crippen MR) is 158 cm³/mol. The number of rotatable bonds is 7. The molecule has 2 aliphatic heterocycles. The van der Waals surface area contributed by atoms with Crippen LogP contribution in [-0.4, -0.2) is 70.8 Å². The Hall–Kier alpha value is -3.12. The van der Waals surface area contributed by atoms with Gasteiger partial charge in [-0.3, -0.25) is 14.5 Å². The van der Waals surface area contributed by atoms with Gasteiger partial charge in [-0.05, 0) is 95.1 Å². The average Bonchev–Trinajstić information content (AvgIpc) is 3.32. The fourth-order valence-electron chi connectivity index (χ4n) is 6.94. The summed E-state index contributed by atoms with van der Waals surface area (Å²) < 4.78 is 0. The van der Waals surface area contributed by atoms with Crippen LogP contribution in [0.2, 0.25) is 0 Å². The summed E-state index contributed by atoms with van der Waals surface area (Å²) in [5.74, 6) is 0.698. The molecule has 2 aromatic carbocycles. The number of aromatic amines is 1. The van der Waals surface area contributed by atoms with Gasteiger partial charge in [-0.25, -0.2) is 0 Å². The van der Waals surface area contributed by atoms with Crippen LogP contribution in [0.25, 0.3) is 10.9 Å². The summed E-state index contributed by atoms with van der Waals surface area (Å²) in [6, 6.07) is 14.9. The zero-order chi connectivity index (χ0) is 27.5. The maximum atomic E-state index is 14.0. The normalized spacial score (nSPS) is 19.0. The van der Waals surface area contributed by atoms with Gasteiger partial charge < -0.3 is 14.8 Å². The fraction of sp³-hybridized carbons (Fsp3) is 0.515. The third-order valence-corrected chi connectivity index (χ3v) is 9.08. The van der Waals surface area contributed by atoms with Crippen LogP contribution in [0.3, 0.4) is 0 Å². The van der Waals surface area contributed by atoms with E-state index in [1.165, 1.54) is 16.7 Å². The molecule has 0 bridgehead atoms. The van der Waals surface area contributed by atoms with Crippen molar-refractivity contribution in [3.05, 3.63) is 70.4 Å². The van der Waals surface area contributed by atoms with Gasteiger partial charge in [0, 0.05) is 49.2 Å². The summed E-state index contributed by atoms with van der Waals surface area (Å²) >= 11 is 0. The molecule has 39 heavy (non-hydrogen) atoms. The van der Waals surface area contributed by atoms with Crippen molar-refractivity contribution in [1.82, 2.24) is 19.7 Å². The maximum absolute atomic E-state index is 14.0. The van der Waals surface area contributed by atoms with Crippen molar-refractivity contribution < 1.29 is 9.59 Å². The van der Waals surface area contributed by atoms with Crippen molar-refractivity contribution in [2.75, 3.05) is 39.3 Å². The van der Waals surface area contributed by atoms with E-state index in [4.69, 9.17) is 0 Å². The molecule has 1 atom stereocenters. The van der Waals surface area contributed by atoms with E-state index in [9.17, 15) is 9.59 Å². The number of nitrogens with one attached hydrogen (secondary N) is 1. The molecule has 3 heterocycles. The number of nitrogens with zero attached hydrogens (tertiary/aromatic N) is 3. The van der Waals surface area contributed by atoms with E-state index in [0.29, 0.717) is 37.8 Å². The van der Waals surface area contributed by atoms with Gasteiger partial charge in [0.15, 0.2) is 0 Å². The largest absolute Gasteiger partial charge is 0.350 e. The molecule has 0 radical (unpaired) electrons. The highest BCUT2D eigenvalue weighted by atomic mass is 16.2. The number of aryl methyl sites for hydroxylation is 2. The first-order chi connectivity index (χ1) is 18.9. The summed E-state index contributed by atoms with van der Waals surface area (Å²) in [5.41, 5.74) is 7.13. The molecule has 2 aliphatic rings. The summed E-state index contributed by atoms with van der Waals surface area (Å²) in [4.78, 5) is 36.9. The molecule has 208 valence electrons. The van der Waals surface area contributed by atoms with Gasteiger partial charge in [0.25, 0.3) is 5.91 Å². The number of likely N-dealkylation sites (tertiary alicyclic amines) is 2. The number of hydrogen-bond donors (Lipinski definition) is 1. The van der Waals surface area contributed by atoms with Gasteiger partial charge >= 0.3 is 0 Å². The van der Waals surface area contributed by atoms with E-state index in [0.717, 1.165) is 61.8 Å². The number of piperidine rings is 2. The molecule has 1 unspecified atom stereocenters. The quantitative estimate of drug-likeness (QED) is 0.416. The van der Waals surface area contributed by atoms with E-state index >= 15 is 0 Å². The van der Waals surface area contributed by atoms with Crippen LogP contribution in [0.5, 0.6) is 0 Å². The summed E-state index contributed by atoms with van der Waals surface area (Å²) in [6.07, 6.45) is 4.00. The Balaban J connectivity index is 1.33. The molecule has 2 saturated heterocycles. The Morgan fingerprint density at radius 1 is 0.923 bits per heavy atom. The molecule has 2 fully saturated rings. The molecular formula is C33H44N4O2. The molecular weight excluding hydrogens is 484 g/mol. The lowest BCUT2D eigenvalue weighted by molar-refractivity contribution is -0.136. The Bertz CT molecular complexity index is 1300. The van der Waals surface area contributed by atoms with Crippen LogP contribution in [0.1, 0.15) is 78.2 Å². The van der Waals surface area contributed by atoms with E-state index in [1.54, 1.807) is 0 Å². The summed E-state index contributed by atoms with van der Waals surface area (Å²) in [6.45, 7) is 14.0. The Labute approximate surface area is 233 Å². The molecule has 1 aromatic heterocycles. The Morgan fingerprint density at radius 3 is 2.31 bits per heavy atom. The zero-order valence-corrected chi connectivity index (χ0v) is 24.1. The third-order valence-electron chi connectivity index (χ3n) is 9.08. The number of aromatic nitrogens is 1. The second-order valence-corrected chi connectivity index (χ2v) is 11.5. The van der Waals surface area contributed by atoms with Crippen molar-refractivity contribution in [3.8, 4) is 0 Å². The number of benzene rings is 2. The molecule has 0 saturated carbocycles. The number of hydrogen-bond acceptors (Lipinski definition) is 3. The number of H-pyrrole nitrogens is 1. The van der Waals surface area contributed by atoms with Crippen LogP contribution in [-0.2, 0) is 11.3 Å². The minimum atomic E-state index is -0.112. The maximum Gasteiger partial charge on any atom is 0.270 e. The summed E-state index contributed by atoms with van der Waals surface area (Å²) in [5, 5.41) is 1.13. The van der Waals surface area contributed by atoms with Crippen molar-refractivity contribution in [2.24, 2.45) is 5.92 Å². The van der Waals surface area contributed by atoms with E-state index in [-0.39, 0.29) is 17.7 Å². The van der Waals surface area contributed by atoms with Crippen LogP contribution < -0.4 is 0 Å². The second-order valence-electron chi connectivity index (χ2n) is 11.5. The summed E-state index contributed by atoms with van der Waals surface area (Å²) in [7, 11) is 0. The van der Waals surface area contributed by atoms with Crippen LogP contribution in [0.4, 0.5) is 0 Å². The van der Waals surface area contributed by atoms with Gasteiger partial charge in [-0.15, -0.1) is 0 Å². The van der Waals surface area contributed by atoms with Crippen molar-refractivity contribution in [1.29, 1.82) is 0 Å². The van der Waals surface area contributed by atoms with Crippen LogP contribution in [0, 0.1) is 19.8 Å². The first-order valence-electron chi connectivity index (χ1n) is 14.9. The van der Waals surface area contributed by atoms with Gasteiger partial charge in [-0.2, -0.15) is 0 Å². The molecule has 3 aromatic rings. The average molecular weight is 529 g/mol. The van der Waals surface area contributed by atoms with Gasteiger partial charge in [0.2, 0.25) is 5.91 Å². The number of carbonyl (C=O) groups excluding carboxylic acids is 2. The molecule has 0 spiro atoms. The number of carbonyl (C=O) groups is 2. The lowest BCUT2D eigenvalue weighted by Gasteiger charge is -2.35. The first-order valence-corrected chi connectivity index (χ1v) is 14.9. The van der Waals surface area contributed by atoms with E-state index < -0.39 is 0 Å². The minimum absolute atomic E-state index is 0.0312. The highest BCUT2D eigenvalue weighted by Crippen LogP contribution is 2.34. The predicted octanol–water partition coefficient (Wildman–Crippen LogP) is 5.88. The fourth-order valence-corrected chi connectivity index (χ4v) is 6.94. The third kappa shape index (κ3) is 5.62. The van der Waals surface area contributed by atoms with E-state index in [1.807, 2.05) is 29.7 Å². The van der Waals surface area contributed by atoms with Gasteiger partial charge in [0.05, 0.1) is 5.92 Å². The standard InChI is InChI=1S/C33H44N4O2/c1-5-36(6-2)32(38)26-13-10-18-37(21-26)33(39)31-28(27-14-7-8-15-29(27)34-31)22-35-19-16-25(17-20-35)30-23(3)11-9-12-24(30)4/h7-9,11-12,14-15,25-26,34H,5-6,10,13,16-22H2,1-4H3. The SMILES string of the molecule is CCN(CC)C(=O)C1CCCN(C(=O)c2[nH]c3ccccc3c2CN2CCC(c3c(C)cccc3C)CC2)C1. The van der Waals surface area contributed by atoms with Crippen molar-refractivity contribution in [3.63, 3.8) is 0 Å². The number of fused-ring (bicyclic) bond motifs is 1. The second kappa shape index (κ2) is 12.0. The first kappa shape index (κ1) is 27.4. The monoisotopic (exact) mass is 528 g/mol. The minimum Gasteiger partial charge on any atom is -0.350 e. The van der Waals surface area contributed by atoms with Crippen molar-refractivity contribution in [2.45, 2.75) is 65.8 Å². The van der Waals surface area contributed by atoms with E-state index in [2.05, 4.69) is 60.1 Å². The molecule has 2 amide bonds. The van der Waals surface area contributed by atoms with Gasteiger partial charge in [0.1, 0.15) is 5.69 Å².